The lowest BCUT2D eigenvalue weighted by molar-refractivity contribution is -0.384. The standard InChI is InChI=1S/C27H19N3O6S/c1-36-19-11-12-20-22(15-19)37-27(28-20)29-24(17-8-5-9-18(14-17)30(34)35)23(25(32)26(29)33)21(31)13-10-16-6-3-2-4-7-16/h2-15,24,32H,1H3/b13-10+. The fourth-order valence-electron chi connectivity index (χ4n) is 4.13. The molecule has 0 radical (unpaired) electrons. The van der Waals surface area contributed by atoms with Crippen LogP contribution in [0.3, 0.4) is 0 Å². The first-order valence-electron chi connectivity index (χ1n) is 11.1. The molecule has 37 heavy (non-hydrogen) atoms. The maximum absolute atomic E-state index is 13.4. The van der Waals surface area contributed by atoms with Crippen molar-refractivity contribution >= 4 is 50.1 Å². The Balaban J connectivity index is 1.63. The van der Waals surface area contributed by atoms with Gasteiger partial charge in [0.25, 0.3) is 11.6 Å². The lowest BCUT2D eigenvalue weighted by atomic mass is 9.95. The highest BCUT2D eigenvalue weighted by Crippen LogP contribution is 2.44. The predicted molar refractivity (Wildman–Crippen MR) is 140 cm³/mol. The number of nitro benzene ring substituents is 1. The first kappa shape index (κ1) is 23.9. The number of rotatable bonds is 7. The average Bonchev–Trinajstić information content (AvgIpc) is 3.45. The molecule has 184 valence electrons. The molecule has 1 aliphatic heterocycles. The molecule has 4 aromatic rings. The van der Waals surface area contributed by atoms with Crippen LogP contribution in [0, 0.1) is 10.1 Å². The van der Waals surface area contributed by atoms with Gasteiger partial charge in [-0.05, 0) is 35.4 Å². The van der Waals surface area contributed by atoms with Crippen molar-refractivity contribution in [3.8, 4) is 5.75 Å². The molecule has 9 nitrogen and oxygen atoms in total. The molecular weight excluding hydrogens is 494 g/mol. The van der Waals surface area contributed by atoms with Gasteiger partial charge < -0.3 is 9.84 Å². The van der Waals surface area contributed by atoms with Gasteiger partial charge in [0.1, 0.15) is 5.75 Å². The Kier molecular flexibility index (Phi) is 6.24. The Labute approximate surface area is 214 Å². The summed E-state index contributed by atoms with van der Waals surface area (Å²) in [5, 5.41) is 22.6. The molecule has 1 amide bonds. The summed E-state index contributed by atoms with van der Waals surface area (Å²) in [7, 11) is 1.54. The molecule has 1 aliphatic rings. The molecule has 0 aliphatic carbocycles. The van der Waals surface area contributed by atoms with Crippen molar-refractivity contribution in [2.75, 3.05) is 12.0 Å². The van der Waals surface area contributed by atoms with Crippen LogP contribution in [0.1, 0.15) is 17.2 Å². The number of hydrogen-bond donors (Lipinski definition) is 1. The molecule has 2 heterocycles. The number of anilines is 1. The van der Waals surface area contributed by atoms with E-state index in [-0.39, 0.29) is 16.4 Å². The van der Waals surface area contributed by atoms with Crippen molar-refractivity contribution in [1.82, 2.24) is 4.98 Å². The van der Waals surface area contributed by atoms with Gasteiger partial charge in [-0.15, -0.1) is 0 Å². The maximum Gasteiger partial charge on any atom is 0.296 e. The van der Waals surface area contributed by atoms with Crippen LogP contribution in [0.2, 0.25) is 0 Å². The van der Waals surface area contributed by atoms with E-state index >= 15 is 0 Å². The molecule has 1 N–H and O–H groups in total. The van der Waals surface area contributed by atoms with Gasteiger partial charge in [-0.2, -0.15) is 0 Å². The number of nitrogens with zero attached hydrogens (tertiary/aromatic N) is 3. The number of aromatic nitrogens is 1. The van der Waals surface area contributed by atoms with Crippen molar-refractivity contribution < 1.29 is 24.4 Å². The van der Waals surface area contributed by atoms with E-state index in [0.717, 1.165) is 10.3 Å². The second-order valence-electron chi connectivity index (χ2n) is 8.13. The maximum atomic E-state index is 13.4. The fourth-order valence-corrected chi connectivity index (χ4v) is 5.15. The smallest absolute Gasteiger partial charge is 0.296 e. The molecule has 0 spiro atoms. The predicted octanol–water partition coefficient (Wildman–Crippen LogP) is 5.40. The van der Waals surface area contributed by atoms with Gasteiger partial charge >= 0.3 is 0 Å². The van der Waals surface area contributed by atoms with Crippen molar-refractivity contribution in [3.05, 3.63) is 111 Å². The summed E-state index contributed by atoms with van der Waals surface area (Å²) in [6.07, 6.45) is 2.84. The van der Waals surface area contributed by atoms with E-state index in [2.05, 4.69) is 4.98 Å². The molecule has 0 fully saturated rings. The van der Waals surface area contributed by atoms with E-state index in [1.807, 2.05) is 18.2 Å². The van der Waals surface area contributed by atoms with Crippen LogP contribution in [-0.2, 0) is 9.59 Å². The van der Waals surface area contributed by atoms with E-state index in [9.17, 15) is 24.8 Å². The van der Waals surface area contributed by atoms with E-state index in [4.69, 9.17) is 4.74 Å². The zero-order valence-corrected chi connectivity index (χ0v) is 20.2. The Morgan fingerprint density at radius 3 is 2.65 bits per heavy atom. The average molecular weight is 514 g/mol. The summed E-state index contributed by atoms with van der Waals surface area (Å²) < 4.78 is 5.99. The molecule has 0 bridgehead atoms. The lowest BCUT2D eigenvalue weighted by Gasteiger charge is -2.24. The highest BCUT2D eigenvalue weighted by Gasteiger charge is 2.45. The molecule has 0 saturated heterocycles. The van der Waals surface area contributed by atoms with Gasteiger partial charge in [-0.1, -0.05) is 59.9 Å². The number of hydrogen-bond acceptors (Lipinski definition) is 8. The summed E-state index contributed by atoms with van der Waals surface area (Å²) in [6.45, 7) is 0. The van der Waals surface area contributed by atoms with Crippen LogP contribution >= 0.6 is 11.3 Å². The molecule has 0 saturated carbocycles. The van der Waals surface area contributed by atoms with Crippen molar-refractivity contribution in [1.29, 1.82) is 0 Å². The highest BCUT2D eigenvalue weighted by molar-refractivity contribution is 7.22. The number of carbonyl (C=O) groups is 2. The Hall–Kier alpha value is -4.83. The van der Waals surface area contributed by atoms with Crippen LogP contribution in [0.25, 0.3) is 16.3 Å². The minimum atomic E-state index is -1.12. The molecule has 1 aromatic heterocycles. The van der Waals surface area contributed by atoms with E-state index < -0.39 is 28.4 Å². The first-order valence-corrected chi connectivity index (χ1v) is 11.9. The normalized spacial score (nSPS) is 15.6. The lowest BCUT2D eigenvalue weighted by Crippen LogP contribution is -2.30. The Bertz CT molecular complexity index is 1610. The van der Waals surface area contributed by atoms with Crippen molar-refractivity contribution in [2.24, 2.45) is 0 Å². The molecule has 1 atom stereocenters. The monoisotopic (exact) mass is 513 g/mol. The van der Waals surface area contributed by atoms with Gasteiger partial charge in [-0.25, -0.2) is 4.98 Å². The highest BCUT2D eigenvalue weighted by atomic mass is 32.1. The minimum Gasteiger partial charge on any atom is -0.503 e. The number of methoxy groups -OCH3 is 1. The van der Waals surface area contributed by atoms with E-state index in [0.29, 0.717) is 16.8 Å². The zero-order chi connectivity index (χ0) is 26.1. The second-order valence-corrected chi connectivity index (χ2v) is 9.14. The van der Waals surface area contributed by atoms with Crippen LogP contribution in [0.15, 0.2) is 90.2 Å². The molecule has 3 aromatic carbocycles. The van der Waals surface area contributed by atoms with Crippen LogP contribution in [0.4, 0.5) is 10.8 Å². The number of allylic oxidation sites excluding steroid dienone is 1. The number of aliphatic hydroxyl groups is 1. The number of nitro groups is 1. The van der Waals surface area contributed by atoms with Crippen molar-refractivity contribution in [2.45, 2.75) is 6.04 Å². The molecule has 1 unspecified atom stereocenters. The number of carbonyl (C=O) groups excluding carboxylic acids is 2. The third kappa shape index (κ3) is 4.45. The van der Waals surface area contributed by atoms with E-state index in [1.54, 1.807) is 42.5 Å². The third-order valence-electron chi connectivity index (χ3n) is 5.89. The first-order chi connectivity index (χ1) is 17.9. The summed E-state index contributed by atoms with van der Waals surface area (Å²) >= 11 is 1.18. The number of ketones is 1. The molecule has 10 heteroatoms. The number of non-ortho nitro benzene ring substituents is 1. The van der Waals surface area contributed by atoms with Gasteiger partial charge in [0.05, 0.1) is 33.9 Å². The number of benzene rings is 3. The van der Waals surface area contributed by atoms with Crippen molar-refractivity contribution in [3.63, 3.8) is 0 Å². The van der Waals surface area contributed by atoms with Gasteiger partial charge in [-0.3, -0.25) is 24.6 Å². The number of ether oxygens (including phenoxy) is 1. The summed E-state index contributed by atoms with van der Waals surface area (Å²) in [4.78, 5) is 43.4. The number of thiazole rings is 1. The Morgan fingerprint density at radius 2 is 1.92 bits per heavy atom. The minimum absolute atomic E-state index is 0.186. The van der Waals surface area contributed by atoms with Gasteiger partial charge in [0, 0.05) is 12.1 Å². The largest absolute Gasteiger partial charge is 0.503 e. The molecular formula is C27H19N3O6S. The summed E-state index contributed by atoms with van der Waals surface area (Å²) in [5.74, 6) is -1.54. The zero-order valence-electron chi connectivity index (χ0n) is 19.4. The third-order valence-corrected chi connectivity index (χ3v) is 6.90. The number of aliphatic hydroxyl groups excluding tert-OH is 1. The topological polar surface area (TPSA) is 123 Å². The fraction of sp³-hybridized carbons (Fsp3) is 0.0741. The van der Waals surface area contributed by atoms with Crippen LogP contribution < -0.4 is 9.64 Å². The molecule has 5 rings (SSSR count). The second kappa shape index (κ2) is 9.67. The summed E-state index contributed by atoms with van der Waals surface area (Å²) in [6, 6.07) is 18.8. The number of fused-ring (bicyclic) bond motifs is 1. The van der Waals surface area contributed by atoms with Crippen LogP contribution in [0.5, 0.6) is 5.75 Å². The van der Waals surface area contributed by atoms with Gasteiger partial charge in [0.2, 0.25) is 0 Å². The van der Waals surface area contributed by atoms with Gasteiger partial charge in [0.15, 0.2) is 16.7 Å². The quantitative estimate of drug-likeness (QED) is 0.199. The van der Waals surface area contributed by atoms with E-state index in [1.165, 1.54) is 47.6 Å². The summed E-state index contributed by atoms with van der Waals surface area (Å²) in [5.41, 5.74) is 1.24. The SMILES string of the molecule is COc1ccc2nc(N3C(=O)C(O)=C(C(=O)/C=C/c4ccccc4)C3c3cccc([N+](=O)[O-])c3)sc2c1. The Morgan fingerprint density at radius 1 is 1.14 bits per heavy atom. The number of amides is 1. The van der Waals surface area contributed by atoms with Crippen LogP contribution in [-0.4, -0.2) is 33.8 Å².